The molecule has 18 heteroatoms. The first-order chi connectivity index (χ1) is 17.2. The van der Waals surface area contributed by atoms with Crippen molar-refractivity contribution in [3.8, 4) is 0 Å². The number of carbonyl (C=O) groups excluding carboxylic acids is 2. The van der Waals surface area contributed by atoms with Crippen LogP contribution in [0.3, 0.4) is 0 Å². The minimum absolute atomic E-state index is 0.0385. The summed E-state index contributed by atoms with van der Waals surface area (Å²) in [7, 11) is 0. The molecule has 0 fully saturated rings. The number of anilines is 2. The van der Waals surface area contributed by atoms with Crippen LogP contribution in [0.4, 0.5) is 21.2 Å². The second-order valence-corrected chi connectivity index (χ2v) is 7.52. The van der Waals surface area contributed by atoms with Gasteiger partial charge < -0.3 is 22.1 Å². The monoisotopic (exact) mass is 544 g/mol. The summed E-state index contributed by atoms with van der Waals surface area (Å²) < 4.78 is 0. The van der Waals surface area contributed by atoms with Gasteiger partial charge in [-0.05, 0) is 13.8 Å². The molecule has 2 rings (SSSR count). The summed E-state index contributed by atoms with van der Waals surface area (Å²) in [5.41, 5.74) is 12.4. The molecule has 196 valence electrons. The summed E-state index contributed by atoms with van der Waals surface area (Å²) >= 11 is 10.8. The molecule has 6 N–H and O–H groups in total. The lowest BCUT2D eigenvalue weighted by molar-refractivity contribution is 0.201. The molecule has 2 aromatic rings. The molecule has 0 aliphatic rings. The van der Waals surface area contributed by atoms with Crippen LogP contribution in [0.5, 0.6) is 0 Å². The highest BCUT2D eigenvalue weighted by Gasteiger charge is 2.14. The molecule has 0 aromatic carbocycles. The molecule has 0 atom stereocenters. The third kappa shape index (κ3) is 10.1. The van der Waals surface area contributed by atoms with Crippen LogP contribution in [-0.2, 0) is 13.1 Å². The number of nitrogen functional groups attached to an aromatic ring is 2. The first kappa shape index (κ1) is 30.1. The maximum absolute atomic E-state index is 11.5. The Morgan fingerprint density at radius 2 is 1.19 bits per heavy atom. The highest BCUT2D eigenvalue weighted by Crippen LogP contribution is 2.08. The topological polar surface area (TPSA) is 227 Å². The van der Waals surface area contributed by atoms with Crippen LogP contribution >= 0.6 is 23.2 Å². The Morgan fingerprint density at radius 3 is 1.47 bits per heavy atom. The fourth-order valence-corrected chi connectivity index (χ4v) is 2.66. The van der Waals surface area contributed by atoms with Gasteiger partial charge in [0.1, 0.15) is 23.3 Å². The van der Waals surface area contributed by atoms with Gasteiger partial charge in [-0.25, -0.2) is 29.5 Å². The van der Waals surface area contributed by atoms with Gasteiger partial charge in [-0.15, -0.1) is 33.0 Å². The van der Waals surface area contributed by atoms with E-state index in [0.29, 0.717) is 32.8 Å². The fourth-order valence-electron chi connectivity index (χ4n) is 2.34. The smallest absolute Gasteiger partial charge is 0.340 e. The molecule has 0 radical (unpaired) electrons. The molecule has 0 aliphatic carbocycles. The van der Waals surface area contributed by atoms with Crippen molar-refractivity contribution in [3.05, 3.63) is 45.0 Å². The fraction of sp³-hybridized carbons (Fsp3) is 0.444. The molecule has 0 bridgehead atoms. The van der Waals surface area contributed by atoms with E-state index in [1.807, 2.05) is 0 Å². The Labute approximate surface area is 216 Å². The van der Waals surface area contributed by atoms with Crippen molar-refractivity contribution in [3.63, 3.8) is 0 Å². The van der Waals surface area contributed by atoms with Gasteiger partial charge >= 0.3 is 12.1 Å². The summed E-state index contributed by atoms with van der Waals surface area (Å²) in [6, 6.07) is -1.30. The van der Waals surface area contributed by atoms with E-state index in [4.69, 9.17) is 34.7 Å². The Balaban J connectivity index is 0.000000360. The van der Waals surface area contributed by atoms with E-state index in [2.05, 4.69) is 41.1 Å². The number of aryl methyl sites for hydroxylation is 2. The lowest BCUT2D eigenvalue weighted by Crippen LogP contribution is -2.37. The number of hydrogen-bond acceptors (Lipinski definition) is 12. The van der Waals surface area contributed by atoms with Gasteiger partial charge in [0, 0.05) is 48.4 Å². The molecule has 0 spiro atoms. The zero-order valence-electron chi connectivity index (χ0n) is 19.5. The average molecular weight is 545 g/mol. The zero-order valence-corrected chi connectivity index (χ0v) is 21.0. The van der Waals surface area contributed by atoms with E-state index < -0.39 is 12.1 Å². The third-order valence-corrected chi connectivity index (χ3v) is 4.49. The number of nitroso groups, excluding NO2 is 2. The minimum Gasteiger partial charge on any atom is -0.383 e. The number of urea groups is 2. The minimum atomic E-state index is -0.648. The van der Waals surface area contributed by atoms with E-state index in [0.717, 1.165) is 0 Å². The molecule has 0 saturated heterocycles. The Bertz CT molecular complexity index is 964. The molecule has 16 nitrogen and oxygen atoms in total. The van der Waals surface area contributed by atoms with Gasteiger partial charge in [0.25, 0.3) is 0 Å². The number of carbonyl (C=O) groups is 2. The van der Waals surface area contributed by atoms with Crippen LogP contribution in [0.15, 0.2) is 23.0 Å². The number of amides is 4. The predicted molar refractivity (Wildman–Crippen MR) is 133 cm³/mol. The molecule has 4 amide bonds. The SMILES string of the molecule is Cc1ncc(CNC(=O)N(CCCl)N=O)c(N)n1.Cc1ncc(CNC(=O)N(CCCl)N=O)c(N)n1. The van der Waals surface area contributed by atoms with Crippen LogP contribution in [0.2, 0.25) is 0 Å². The van der Waals surface area contributed by atoms with Gasteiger partial charge in [-0.3, -0.25) is 0 Å². The number of nitrogens with zero attached hydrogens (tertiary/aromatic N) is 8. The zero-order chi connectivity index (χ0) is 27.1. The lowest BCUT2D eigenvalue weighted by Gasteiger charge is -2.13. The number of nitrogens with two attached hydrogens (primary N) is 2. The molecule has 0 aliphatic heterocycles. The van der Waals surface area contributed by atoms with Crippen LogP contribution in [0, 0.1) is 23.7 Å². The Morgan fingerprint density at radius 1 is 0.833 bits per heavy atom. The standard InChI is InChI=1S/2C9H13ClN6O2/c2*1-6-12-4-7(8(11)14-6)5-13-9(17)16(15-18)3-2-10/h2*4H,2-3,5H2,1H3,(H,13,17)(H2,11,12,14). The molecule has 0 saturated carbocycles. The second kappa shape index (κ2) is 15.9. The number of alkyl halides is 2. The van der Waals surface area contributed by atoms with E-state index in [1.165, 1.54) is 12.4 Å². The molecule has 36 heavy (non-hydrogen) atoms. The number of rotatable bonds is 10. The van der Waals surface area contributed by atoms with Crippen molar-refractivity contribution < 1.29 is 9.59 Å². The van der Waals surface area contributed by atoms with Crippen molar-refractivity contribution >= 4 is 46.9 Å². The Hall–Kier alpha value is -3.92. The third-order valence-electron chi connectivity index (χ3n) is 4.16. The maximum atomic E-state index is 11.5. The van der Waals surface area contributed by atoms with Gasteiger partial charge in [0.2, 0.25) is 0 Å². The molecular formula is C18H26Cl2N12O4. The number of halogens is 2. The average Bonchev–Trinajstić information content (AvgIpc) is 2.84. The number of hydrogen-bond donors (Lipinski definition) is 4. The predicted octanol–water partition coefficient (Wildman–Crippen LogP) is 1.60. The van der Waals surface area contributed by atoms with Crippen molar-refractivity contribution in [2.75, 3.05) is 36.3 Å². The van der Waals surface area contributed by atoms with Gasteiger partial charge in [-0.1, -0.05) is 0 Å². The van der Waals surface area contributed by atoms with Gasteiger partial charge in [-0.2, -0.15) is 10.0 Å². The van der Waals surface area contributed by atoms with E-state index in [1.54, 1.807) is 13.8 Å². The van der Waals surface area contributed by atoms with Crippen molar-refractivity contribution in [2.24, 2.45) is 10.6 Å². The highest BCUT2D eigenvalue weighted by atomic mass is 35.5. The first-order valence-corrected chi connectivity index (χ1v) is 11.3. The van der Waals surface area contributed by atoms with Crippen molar-refractivity contribution in [1.82, 2.24) is 40.6 Å². The van der Waals surface area contributed by atoms with E-state index in [-0.39, 0.29) is 49.6 Å². The Kier molecular flexibility index (Phi) is 13.3. The highest BCUT2D eigenvalue weighted by molar-refractivity contribution is 6.18. The molecule has 2 heterocycles. The van der Waals surface area contributed by atoms with Crippen LogP contribution in [0.1, 0.15) is 22.8 Å². The van der Waals surface area contributed by atoms with Gasteiger partial charge in [0.05, 0.1) is 23.7 Å². The summed E-state index contributed by atoms with van der Waals surface area (Å²) in [6.07, 6.45) is 3.02. The van der Waals surface area contributed by atoms with E-state index >= 15 is 0 Å². The normalized spacial score (nSPS) is 9.89. The number of nitrogens with one attached hydrogen (secondary N) is 2. The first-order valence-electron chi connectivity index (χ1n) is 10.2. The molecule has 2 aromatic heterocycles. The van der Waals surface area contributed by atoms with Gasteiger partial charge in [0.15, 0.2) is 0 Å². The lowest BCUT2D eigenvalue weighted by atomic mass is 10.3. The summed E-state index contributed by atoms with van der Waals surface area (Å²) in [5, 5.41) is 11.4. The summed E-state index contributed by atoms with van der Waals surface area (Å²) in [4.78, 5) is 59.5. The summed E-state index contributed by atoms with van der Waals surface area (Å²) in [5.74, 6) is 1.89. The van der Waals surface area contributed by atoms with Crippen molar-refractivity contribution in [2.45, 2.75) is 26.9 Å². The van der Waals surface area contributed by atoms with Crippen LogP contribution < -0.4 is 22.1 Å². The molecule has 0 unspecified atom stereocenters. The summed E-state index contributed by atoms with van der Waals surface area (Å²) in [6.45, 7) is 3.71. The van der Waals surface area contributed by atoms with Crippen molar-refractivity contribution in [1.29, 1.82) is 0 Å². The quantitative estimate of drug-likeness (QED) is 0.191. The van der Waals surface area contributed by atoms with E-state index in [9.17, 15) is 19.4 Å². The number of aromatic nitrogens is 4. The largest absolute Gasteiger partial charge is 0.383 e. The van der Waals surface area contributed by atoms with Crippen LogP contribution in [-0.4, -0.2) is 66.9 Å². The second-order valence-electron chi connectivity index (χ2n) is 6.76. The maximum Gasteiger partial charge on any atom is 0.340 e. The molecular weight excluding hydrogens is 519 g/mol. The van der Waals surface area contributed by atoms with Crippen LogP contribution in [0.25, 0.3) is 0 Å².